The quantitative estimate of drug-likeness (QED) is 0.650. The zero-order valence-electron chi connectivity index (χ0n) is 7.08. The van der Waals surface area contributed by atoms with Crippen LogP contribution in [0.2, 0.25) is 0 Å². The molecule has 11 heavy (non-hydrogen) atoms. The van der Waals surface area contributed by atoms with Crippen molar-refractivity contribution in [3.63, 3.8) is 0 Å². The SMILES string of the molecule is COC(CN)CC1CCCO1. The molecule has 1 rings (SSSR count). The molecule has 0 spiro atoms. The maximum absolute atomic E-state index is 5.48. The maximum atomic E-state index is 5.48. The summed E-state index contributed by atoms with van der Waals surface area (Å²) in [7, 11) is 1.70. The molecule has 0 bridgehead atoms. The lowest BCUT2D eigenvalue weighted by atomic mass is 10.1. The molecule has 3 heteroatoms. The minimum Gasteiger partial charge on any atom is -0.380 e. The zero-order chi connectivity index (χ0) is 8.10. The monoisotopic (exact) mass is 159 g/mol. The molecule has 0 aromatic rings. The summed E-state index contributed by atoms with van der Waals surface area (Å²) in [5, 5.41) is 0. The Hall–Kier alpha value is -0.120. The van der Waals surface area contributed by atoms with Crippen molar-refractivity contribution in [1.29, 1.82) is 0 Å². The van der Waals surface area contributed by atoms with E-state index in [0.717, 1.165) is 13.0 Å². The molecule has 1 heterocycles. The molecule has 1 fully saturated rings. The van der Waals surface area contributed by atoms with Gasteiger partial charge in [0.15, 0.2) is 0 Å². The number of methoxy groups -OCH3 is 1. The molecule has 1 aliphatic heterocycles. The number of hydrogen-bond donors (Lipinski definition) is 1. The summed E-state index contributed by atoms with van der Waals surface area (Å²) in [6.07, 6.45) is 3.88. The Morgan fingerprint density at radius 2 is 2.55 bits per heavy atom. The zero-order valence-corrected chi connectivity index (χ0v) is 7.08. The van der Waals surface area contributed by atoms with Gasteiger partial charge in [-0.1, -0.05) is 0 Å². The van der Waals surface area contributed by atoms with E-state index in [1.165, 1.54) is 12.8 Å². The molecule has 0 aromatic carbocycles. The first kappa shape index (κ1) is 8.97. The highest BCUT2D eigenvalue weighted by Crippen LogP contribution is 2.17. The van der Waals surface area contributed by atoms with E-state index in [4.69, 9.17) is 15.2 Å². The summed E-state index contributed by atoms with van der Waals surface area (Å²) in [5.74, 6) is 0. The van der Waals surface area contributed by atoms with E-state index in [1.807, 2.05) is 0 Å². The van der Waals surface area contributed by atoms with Crippen molar-refractivity contribution >= 4 is 0 Å². The van der Waals surface area contributed by atoms with Gasteiger partial charge in [0.2, 0.25) is 0 Å². The number of rotatable bonds is 4. The Morgan fingerprint density at radius 3 is 3.00 bits per heavy atom. The van der Waals surface area contributed by atoms with Crippen LogP contribution in [0.5, 0.6) is 0 Å². The molecular weight excluding hydrogens is 142 g/mol. The largest absolute Gasteiger partial charge is 0.380 e. The predicted octanol–water partition coefficient (Wildman–Crippen LogP) is 0.529. The smallest absolute Gasteiger partial charge is 0.0718 e. The van der Waals surface area contributed by atoms with E-state index in [-0.39, 0.29) is 6.10 Å². The van der Waals surface area contributed by atoms with Gasteiger partial charge in [-0.15, -0.1) is 0 Å². The van der Waals surface area contributed by atoms with Gasteiger partial charge < -0.3 is 15.2 Å². The van der Waals surface area contributed by atoms with Crippen molar-refractivity contribution in [2.45, 2.75) is 31.5 Å². The van der Waals surface area contributed by atoms with E-state index < -0.39 is 0 Å². The van der Waals surface area contributed by atoms with Crippen LogP contribution in [0.1, 0.15) is 19.3 Å². The van der Waals surface area contributed by atoms with Gasteiger partial charge in [0.1, 0.15) is 0 Å². The fourth-order valence-electron chi connectivity index (χ4n) is 1.41. The first-order chi connectivity index (χ1) is 5.36. The van der Waals surface area contributed by atoms with Gasteiger partial charge in [-0.05, 0) is 12.8 Å². The molecule has 0 amide bonds. The minimum absolute atomic E-state index is 0.179. The average Bonchev–Trinajstić information content (AvgIpc) is 2.52. The van der Waals surface area contributed by atoms with Gasteiger partial charge in [0.25, 0.3) is 0 Å². The second kappa shape index (κ2) is 4.70. The average molecular weight is 159 g/mol. The van der Waals surface area contributed by atoms with Crippen molar-refractivity contribution < 1.29 is 9.47 Å². The first-order valence-electron chi connectivity index (χ1n) is 4.21. The summed E-state index contributed by atoms with van der Waals surface area (Å²) in [6.45, 7) is 1.50. The molecule has 0 saturated carbocycles. The molecule has 2 unspecified atom stereocenters. The summed E-state index contributed by atoms with van der Waals surface area (Å²) in [4.78, 5) is 0. The van der Waals surface area contributed by atoms with E-state index in [2.05, 4.69) is 0 Å². The lowest BCUT2D eigenvalue weighted by Crippen LogP contribution is -2.27. The third kappa shape index (κ3) is 2.77. The Morgan fingerprint density at radius 1 is 1.73 bits per heavy atom. The Bertz CT molecular complexity index is 98.3. The van der Waals surface area contributed by atoms with Crippen molar-refractivity contribution in [1.82, 2.24) is 0 Å². The number of ether oxygens (including phenoxy) is 2. The molecule has 1 aliphatic rings. The molecular formula is C8H17NO2. The Balaban J connectivity index is 2.16. The van der Waals surface area contributed by atoms with Crippen LogP contribution < -0.4 is 5.73 Å². The normalized spacial score (nSPS) is 27.3. The number of nitrogens with two attached hydrogens (primary N) is 1. The highest BCUT2D eigenvalue weighted by Gasteiger charge is 2.19. The lowest BCUT2D eigenvalue weighted by Gasteiger charge is -2.16. The van der Waals surface area contributed by atoms with Crippen LogP contribution in [0.15, 0.2) is 0 Å². The third-order valence-electron chi connectivity index (χ3n) is 2.15. The first-order valence-corrected chi connectivity index (χ1v) is 4.21. The van der Waals surface area contributed by atoms with Crippen molar-refractivity contribution in [3.05, 3.63) is 0 Å². The van der Waals surface area contributed by atoms with Gasteiger partial charge in [0.05, 0.1) is 12.2 Å². The van der Waals surface area contributed by atoms with Crippen LogP contribution in [-0.2, 0) is 9.47 Å². The molecule has 0 radical (unpaired) electrons. The van der Waals surface area contributed by atoms with Crippen molar-refractivity contribution in [2.75, 3.05) is 20.3 Å². The van der Waals surface area contributed by atoms with E-state index in [9.17, 15) is 0 Å². The summed E-state index contributed by atoms with van der Waals surface area (Å²) in [5.41, 5.74) is 5.48. The fourth-order valence-corrected chi connectivity index (χ4v) is 1.41. The minimum atomic E-state index is 0.179. The maximum Gasteiger partial charge on any atom is 0.0718 e. The second-order valence-corrected chi connectivity index (χ2v) is 2.96. The Kier molecular flexibility index (Phi) is 3.83. The standard InChI is InChI=1S/C8H17NO2/c1-10-8(6-9)5-7-3-2-4-11-7/h7-8H,2-6,9H2,1H3. The van der Waals surface area contributed by atoms with Crippen molar-refractivity contribution in [3.8, 4) is 0 Å². The molecule has 2 atom stereocenters. The summed E-state index contributed by atoms with van der Waals surface area (Å²) >= 11 is 0. The van der Waals surface area contributed by atoms with Gasteiger partial charge in [0, 0.05) is 26.7 Å². The predicted molar refractivity (Wildman–Crippen MR) is 43.4 cm³/mol. The molecule has 0 aromatic heterocycles. The fraction of sp³-hybridized carbons (Fsp3) is 1.00. The topological polar surface area (TPSA) is 44.5 Å². The molecule has 3 nitrogen and oxygen atoms in total. The van der Waals surface area contributed by atoms with Gasteiger partial charge >= 0.3 is 0 Å². The lowest BCUT2D eigenvalue weighted by molar-refractivity contribution is 0.0336. The van der Waals surface area contributed by atoms with Gasteiger partial charge in [-0.25, -0.2) is 0 Å². The molecule has 66 valence electrons. The van der Waals surface area contributed by atoms with Gasteiger partial charge in [-0.2, -0.15) is 0 Å². The van der Waals surface area contributed by atoms with E-state index in [1.54, 1.807) is 7.11 Å². The number of hydrogen-bond acceptors (Lipinski definition) is 3. The van der Waals surface area contributed by atoms with Crippen LogP contribution in [0.4, 0.5) is 0 Å². The van der Waals surface area contributed by atoms with Crippen LogP contribution in [0.3, 0.4) is 0 Å². The highest BCUT2D eigenvalue weighted by molar-refractivity contribution is 4.70. The summed E-state index contributed by atoms with van der Waals surface area (Å²) in [6, 6.07) is 0. The summed E-state index contributed by atoms with van der Waals surface area (Å²) < 4.78 is 10.6. The van der Waals surface area contributed by atoms with Crippen LogP contribution in [-0.4, -0.2) is 32.5 Å². The van der Waals surface area contributed by atoms with E-state index >= 15 is 0 Å². The molecule has 0 aliphatic carbocycles. The van der Waals surface area contributed by atoms with Crippen molar-refractivity contribution in [2.24, 2.45) is 5.73 Å². The molecule has 1 saturated heterocycles. The highest BCUT2D eigenvalue weighted by atomic mass is 16.5. The van der Waals surface area contributed by atoms with Crippen LogP contribution in [0.25, 0.3) is 0 Å². The molecule has 2 N–H and O–H groups in total. The van der Waals surface area contributed by atoms with Gasteiger partial charge in [-0.3, -0.25) is 0 Å². The van der Waals surface area contributed by atoms with E-state index in [0.29, 0.717) is 12.6 Å². The third-order valence-corrected chi connectivity index (χ3v) is 2.15. The Labute approximate surface area is 67.9 Å². The van der Waals surface area contributed by atoms with Crippen LogP contribution >= 0.6 is 0 Å². The second-order valence-electron chi connectivity index (χ2n) is 2.96. The van der Waals surface area contributed by atoms with Crippen LogP contribution in [0, 0.1) is 0 Å².